The Kier molecular flexibility index (Phi) is 5.56. The molecular weight excluding hydrogens is 374 g/mol. The molecule has 2 aliphatic rings. The molecule has 2 aromatic heterocycles. The van der Waals surface area contributed by atoms with E-state index in [0.29, 0.717) is 42.6 Å². The fraction of sp³-hybridized carbons (Fsp3) is 0.667. The summed E-state index contributed by atoms with van der Waals surface area (Å²) in [7, 11) is 0. The van der Waals surface area contributed by atoms with Crippen molar-refractivity contribution in [2.45, 2.75) is 65.0 Å². The molecule has 3 heterocycles. The number of ether oxygens (including phenoxy) is 1. The molecule has 28 heavy (non-hydrogen) atoms. The number of hydrogen-bond donors (Lipinski definition) is 0. The van der Waals surface area contributed by atoms with Crippen LogP contribution >= 0.6 is 11.3 Å². The van der Waals surface area contributed by atoms with Gasteiger partial charge >= 0.3 is 0 Å². The highest BCUT2D eigenvalue weighted by Gasteiger charge is 2.61. The first-order valence-electron chi connectivity index (χ1n) is 10.3. The molecule has 0 radical (unpaired) electrons. The van der Waals surface area contributed by atoms with Crippen molar-refractivity contribution in [3.63, 3.8) is 0 Å². The third kappa shape index (κ3) is 3.50. The van der Waals surface area contributed by atoms with Gasteiger partial charge in [0.15, 0.2) is 0 Å². The van der Waals surface area contributed by atoms with Crippen molar-refractivity contribution in [3.05, 3.63) is 23.4 Å². The highest BCUT2D eigenvalue weighted by molar-refractivity contribution is 7.13. The van der Waals surface area contributed by atoms with Crippen LogP contribution in [0.2, 0.25) is 0 Å². The topological polar surface area (TPSA) is 68.5 Å². The van der Waals surface area contributed by atoms with Crippen molar-refractivity contribution in [1.29, 1.82) is 0 Å². The summed E-state index contributed by atoms with van der Waals surface area (Å²) in [4.78, 5) is 20.6. The van der Waals surface area contributed by atoms with E-state index < -0.39 is 0 Å². The Morgan fingerprint density at radius 3 is 3.04 bits per heavy atom. The molecule has 6 nitrogen and oxygen atoms in total. The van der Waals surface area contributed by atoms with Crippen LogP contribution < -0.4 is 0 Å². The van der Waals surface area contributed by atoms with Crippen LogP contribution in [0.3, 0.4) is 0 Å². The first-order valence-corrected chi connectivity index (χ1v) is 11.2. The average molecular weight is 404 g/mol. The summed E-state index contributed by atoms with van der Waals surface area (Å²) in [6, 6.07) is 4.24. The van der Waals surface area contributed by atoms with Crippen molar-refractivity contribution in [2.24, 2.45) is 11.3 Å². The highest BCUT2D eigenvalue weighted by atomic mass is 32.1. The second kappa shape index (κ2) is 7.95. The molecule has 2 fully saturated rings. The van der Waals surface area contributed by atoms with E-state index in [-0.39, 0.29) is 11.3 Å². The molecule has 1 saturated heterocycles. The molecule has 1 saturated carbocycles. The fourth-order valence-corrected chi connectivity index (χ4v) is 5.64. The van der Waals surface area contributed by atoms with Crippen LogP contribution in [0.25, 0.3) is 10.7 Å². The van der Waals surface area contributed by atoms with Gasteiger partial charge in [-0.1, -0.05) is 32.0 Å². The second-order valence-electron chi connectivity index (χ2n) is 8.44. The molecule has 0 bridgehead atoms. The minimum atomic E-state index is 0.0358. The maximum atomic E-state index is 13.0. The molecular formula is C21H29N3O3S. The molecule has 7 heteroatoms. The maximum absolute atomic E-state index is 13.0. The smallest absolute Gasteiger partial charge is 0.226 e. The molecule has 4 rings (SSSR count). The van der Waals surface area contributed by atoms with Crippen LogP contribution in [0.4, 0.5) is 0 Å². The lowest BCUT2D eigenvalue weighted by Crippen LogP contribution is -2.67. The highest BCUT2D eigenvalue weighted by Crippen LogP contribution is 2.54. The lowest BCUT2D eigenvalue weighted by atomic mass is 9.56. The SMILES string of the molecule is CCCN(C(=O)CCCc1nc(-c2cccs2)no1)C1C2CCOC2C1(C)C. The third-order valence-corrected chi connectivity index (χ3v) is 7.02. The van der Waals surface area contributed by atoms with Crippen LogP contribution in [0, 0.1) is 11.3 Å². The summed E-state index contributed by atoms with van der Waals surface area (Å²) in [6.45, 7) is 8.26. The van der Waals surface area contributed by atoms with E-state index in [9.17, 15) is 4.79 Å². The first-order chi connectivity index (χ1) is 13.5. The monoisotopic (exact) mass is 403 g/mol. The van der Waals surface area contributed by atoms with Gasteiger partial charge in [-0.2, -0.15) is 4.98 Å². The molecule has 2 aromatic rings. The number of nitrogens with zero attached hydrogens (tertiary/aromatic N) is 3. The average Bonchev–Trinajstić information content (AvgIpc) is 3.41. The summed E-state index contributed by atoms with van der Waals surface area (Å²) < 4.78 is 11.3. The van der Waals surface area contributed by atoms with E-state index in [1.54, 1.807) is 11.3 Å². The Labute approximate surface area is 170 Å². The van der Waals surface area contributed by atoms with E-state index in [0.717, 1.165) is 37.3 Å². The number of aromatic nitrogens is 2. The Balaban J connectivity index is 1.34. The molecule has 3 atom stereocenters. The van der Waals surface area contributed by atoms with Crippen LogP contribution in [0.15, 0.2) is 22.0 Å². The lowest BCUT2D eigenvalue weighted by molar-refractivity contribution is -0.171. The van der Waals surface area contributed by atoms with Crippen LogP contribution in [0.5, 0.6) is 0 Å². The van der Waals surface area contributed by atoms with Gasteiger partial charge in [-0.15, -0.1) is 11.3 Å². The molecule has 1 aliphatic heterocycles. The molecule has 0 spiro atoms. The van der Waals surface area contributed by atoms with Gasteiger partial charge in [0.2, 0.25) is 17.6 Å². The van der Waals surface area contributed by atoms with E-state index in [1.165, 1.54) is 0 Å². The predicted octanol–water partition coefficient (Wildman–Crippen LogP) is 4.17. The van der Waals surface area contributed by atoms with Crippen LogP contribution in [-0.4, -0.2) is 46.2 Å². The Hall–Kier alpha value is -1.73. The van der Waals surface area contributed by atoms with E-state index in [1.807, 2.05) is 17.5 Å². The maximum Gasteiger partial charge on any atom is 0.226 e. The molecule has 0 N–H and O–H groups in total. The van der Waals surface area contributed by atoms with Gasteiger partial charge in [-0.25, -0.2) is 0 Å². The Morgan fingerprint density at radius 2 is 2.29 bits per heavy atom. The van der Waals surface area contributed by atoms with E-state index in [2.05, 4.69) is 35.8 Å². The summed E-state index contributed by atoms with van der Waals surface area (Å²) in [5.74, 6) is 1.97. The minimum Gasteiger partial charge on any atom is -0.377 e. The van der Waals surface area contributed by atoms with Gasteiger partial charge in [0.1, 0.15) is 0 Å². The Morgan fingerprint density at radius 1 is 1.43 bits per heavy atom. The zero-order chi connectivity index (χ0) is 19.7. The van der Waals surface area contributed by atoms with Crippen molar-refractivity contribution >= 4 is 17.2 Å². The van der Waals surface area contributed by atoms with Gasteiger partial charge in [-0.05, 0) is 30.7 Å². The summed E-state index contributed by atoms with van der Waals surface area (Å²) >= 11 is 1.59. The summed E-state index contributed by atoms with van der Waals surface area (Å²) in [5.41, 5.74) is 0.0358. The number of carbonyl (C=O) groups is 1. The van der Waals surface area contributed by atoms with Crippen molar-refractivity contribution in [1.82, 2.24) is 15.0 Å². The predicted molar refractivity (Wildman–Crippen MR) is 108 cm³/mol. The number of aryl methyl sites for hydroxylation is 1. The summed E-state index contributed by atoms with van der Waals surface area (Å²) in [5, 5.41) is 6.04. The van der Waals surface area contributed by atoms with Gasteiger partial charge in [0.25, 0.3) is 0 Å². The Bertz CT molecular complexity index is 802. The van der Waals surface area contributed by atoms with Crippen LogP contribution in [-0.2, 0) is 16.0 Å². The van der Waals surface area contributed by atoms with Crippen molar-refractivity contribution < 1.29 is 14.1 Å². The molecule has 1 aliphatic carbocycles. The number of thiophene rings is 1. The van der Waals surface area contributed by atoms with Gasteiger partial charge in [-0.3, -0.25) is 4.79 Å². The number of amides is 1. The van der Waals surface area contributed by atoms with E-state index >= 15 is 0 Å². The van der Waals surface area contributed by atoms with E-state index in [4.69, 9.17) is 9.26 Å². The molecule has 0 aromatic carbocycles. The lowest BCUT2D eigenvalue weighted by Gasteiger charge is -2.58. The molecule has 152 valence electrons. The van der Waals surface area contributed by atoms with Gasteiger partial charge in [0.05, 0.1) is 11.0 Å². The van der Waals surface area contributed by atoms with Crippen molar-refractivity contribution in [3.8, 4) is 10.7 Å². The second-order valence-corrected chi connectivity index (χ2v) is 9.39. The number of carbonyl (C=O) groups excluding carboxylic acids is 1. The minimum absolute atomic E-state index is 0.0358. The van der Waals surface area contributed by atoms with Gasteiger partial charge < -0.3 is 14.2 Å². The first kappa shape index (κ1) is 19.6. The zero-order valence-electron chi connectivity index (χ0n) is 16.9. The summed E-state index contributed by atoms with van der Waals surface area (Å²) in [6.07, 6.45) is 4.22. The third-order valence-electron chi connectivity index (χ3n) is 6.15. The normalized spacial score (nSPS) is 25.3. The largest absolute Gasteiger partial charge is 0.377 e. The standard InChI is InChI=1S/C21H29N3O3S/c1-4-11-24(18-14-10-12-26-19(14)21(18,2)3)17(25)9-5-8-16-22-20(23-27-16)15-7-6-13-28-15/h6-7,13-14,18-19H,4-5,8-12H2,1-3H3. The van der Waals surface area contributed by atoms with Crippen LogP contribution in [0.1, 0.15) is 52.3 Å². The number of rotatable bonds is 8. The zero-order valence-corrected chi connectivity index (χ0v) is 17.7. The quantitative estimate of drug-likeness (QED) is 0.662. The number of hydrogen-bond acceptors (Lipinski definition) is 6. The molecule has 1 amide bonds. The fourth-order valence-electron chi connectivity index (χ4n) is 4.99. The number of fused-ring (bicyclic) bond motifs is 1. The van der Waals surface area contributed by atoms with Gasteiger partial charge in [0, 0.05) is 43.4 Å². The molecule has 3 unspecified atom stereocenters. The van der Waals surface area contributed by atoms with Crippen molar-refractivity contribution in [2.75, 3.05) is 13.2 Å².